The number of carbonyl (C=O) groups excluding carboxylic acids is 1. The van der Waals surface area contributed by atoms with E-state index in [9.17, 15) is 13.2 Å². The molecule has 1 aliphatic heterocycles. The molecule has 10 heteroatoms. The lowest BCUT2D eigenvalue weighted by atomic mass is 10.1. The molecular formula is C23H28BrN3O4S2. The molecule has 2 aromatic carbocycles. The third kappa shape index (κ3) is 6.99. The lowest BCUT2D eigenvalue weighted by molar-refractivity contribution is 0.0977. The Morgan fingerprint density at radius 2 is 1.82 bits per heavy atom. The van der Waals surface area contributed by atoms with Gasteiger partial charge < -0.3 is 10.1 Å². The van der Waals surface area contributed by atoms with E-state index in [2.05, 4.69) is 40.4 Å². The number of ether oxygens (including phenoxy) is 1. The quantitative estimate of drug-likeness (QED) is 0.457. The van der Waals surface area contributed by atoms with Gasteiger partial charge in [0.1, 0.15) is 5.75 Å². The number of amides is 1. The molecule has 0 saturated carbocycles. The van der Waals surface area contributed by atoms with Crippen molar-refractivity contribution in [2.75, 3.05) is 25.0 Å². The van der Waals surface area contributed by atoms with Crippen molar-refractivity contribution in [1.29, 1.82) is 0 Å². The Labute approximate surface area is 209 Å². The summed E-state index contributed by atoms with van der Waals surface area (Å²) in [6.07, 6.45) is 2.72. The van der Waals surface area contributed by atoms with Crippen LogP contribution in [-0.4, -0.2) is 43.4 Å². The first-order valence-corrected chi connectivity index (χ1v) is 13.5. The number of halogens is 1. The fourth-order valence-corrected chi connectivity index (χ4v) is 5.51. The van der Waals surface area contributed by atoms with Crippen LogP contribution >= 0.6 is 28.1 Å². The van der Waals surface area contributed by atoms with Crippen LogP contribution in [0.3, 0.4) is 0 Å². The molecule has 2 aromatic rings. The second-order valence-electron chi connectivity index (χ2n) is 8.22. The van der Waals surface area contributed by atoms with Crippen molar-refractivity contribution in [1.82, 2.24) is 9.62 Å². The summed E-state index contributed by atoms with van der Waals surface area (Å²) in [5.74, 6) is 0.861. The van der Waals surface area contributed by atoms with Gasteiger partial charge in [0.05, 0.1) is 16.0 Å². The van der Waals surface area contributed by atoms with E-state index in [1.165, 1.54) is 16.4 Å². The van der Waals surface area contributed by atoms with Crippen LogP contribution in [-0.2, 0) is 10.0 Å². The lowest BCUT2D eigenvalue weighted by Gasteiger charge is -2.16. The van der Waals surface area contributed by atoms with E-state index in [1.54, 1.807) is 30.3 Å². The van der Waals surface area contributed by atoms with E-state index >= 15 is 0 Å². The molecule has 0 aliphatic carbocycles. The van der Waals surface area contributed by atoms with Gasteiger partial charge in [-0.2, -0.15) is 4.31 Å². The third-order valence-electron chi connectivity index (χ3n) is 5.19. The highest BCUT2D eigenvalue weighted by atomic mass is 79.9. The molecule has 0 bridgehead atoms. The van der Waals surface area contributed by atoms with Crippen molar-refractivity contribution in [3.8, 4) is 5.75 Å². The first-order valence-electron chi connectivity index (χ1n) is 10.8. The molecule has 2 N–H and O–H groups in total. The molecule has 1 heterocycles. The maximum Gasteiger partial charge on any atom is 0.257 e. The normalized spacial score (nSPS) is 14.3. The van der Waals surface area contributed by atoms with E-state index in [0.717, 1.165) is 19.3 Å². The van der Waals surface area contributed by atoms with Gasteiger partial charge in [0.15, 0.2) is 5.11 Å². The summed E-state index contributed by atoms with van der Waals surface area (Å²) < 4.78 is 33.2. The van der Waals surface area contributed by atoms with Crippen LogP contribution in [0.4, 0.5) is 5.69 Å². The van der Waals surface area contributed by atoms with Crippen molar-refractivity contribution < 1.29 is 17.9 Å². The summed E-state index contributed by atoms with van der Waals surface area (Å²) in [6, 6.07) is 11.4. The van der Waals surface area contributed by atoms with Crippen LogP contribution in [0.1, 0.15) is 43.5 Å². The molecular weight excluding hydrogens is 526 g/mol. The van der Waals surface area contributed by atoms with Crippen molar-refractivity contribution in [2.45, 2.75) is 38.0 Å². The van der Waals surface area contributed by atoms with Crippen LogP contribution in [0, 0.1) is 5.92 Å². The van der Waals surface area contributed by atoms with Crippen LogP contribution in [0.5, 0.6) is 5.75 Å². The second kappa shape index (κ2) is 11.4. The number of rotatable bonds is 8. The van der Waals surface area contributed by atoms with E-state index in [4.69, 9.17) is 17.0 Å². The Morgan fingerprint density at radius 1 is 1.15 bits per heavy atom. The molecule has 1 aliphatic rings. The summed E-state index contributed by atoms with van der Waals surface area (Å²) in [4.78, 5) is 12.8. The predicted octanol–water partition coefficient (Wildman–Crippen LogP) is 4.79. The summed E-state index contributed by atoms with van der Waals surface area (Å²) >= 11 is 8.68. The summed E-state index contributed by atoms with van der Waals surface area (Å²) in [6.45, 7) is 5.98. The maximum absolute atomic E-state index is 12.6. The van der Waals surface area contributed by atoms with Crippen LogP contribution in [0.2, 0.25) is 0 Å². The number of hydrogen-bond donors (Lipinski definition) is 2. The topological polar surface area (TPSA) is 87.7 Å². The molecule has 1 amide bonds. The van der Waals surface area contributed by atoms with Gasteiger partial charge in [-0.05, 0) is 95.8 Å². The minimum atomic E-state index is -3.47. The number of carbonyl (C=O) groups is 1. The molecule has 0 atom stereocenters. The van der Waals surface area contributed by atoms with Gasteiger partial charge in [0, 0.05) is 24.3 Å². The fourth-order valence-electron chi connectivity index (χ4n) is 3.29. The maximum atomic E-state index is 12.6. The van der Waals surface area contributed by atoms with Crippen molar-refractivity contribution in [3.63, 3.8) is 0 Å². The zero-order valence-corrected chi connectivity index (χ0v) is 21.9. The van der Waals surface area contributed by atoms with Gasteiger partial charge in [-0.3, -0.25) is 10.1 Å². The molecule has 178 valence electrons. The smallest absolute Gasteiger partial charge is 0.257 e. The second-order valence-corrected chi connectivity index (χ2v) is 11.4. The Kier molecular flexibility index (Phi) is 8.86. The number of anilines is 1. The average Bonchev–Trinajstić information content (AvgIpc) is 3.31. The molecule has 0 aromatic heterocycles. The summed E-state index contributed by atoms with van der Waals surface area (Å²) in [5, 5.41) is 5.66. The number of thiocarbonyl (C=S) groups is 1. The molecule has 33 heavy (non-hydrogen) atoms. The average molecular weight is 555 g/mol. The highest BCUT2D eigenvalue weighted by Gasteiger charge is 2.26. The van der Waals surface area contributed by atoms with Crippen molar-refractivity contribution in [3.05, 3.63) is 52.5 Å². The van der Waals surface area contributed by atoms with E-state index in [0.29, 0.717) is 47.1 Å². The van der Waals surface area contributed by atoms with Gasteiger partial charge in [-0.25, -0.2) is 8.42 Å². The van der Waals surface area contributed by atoms with E-state index < -0.39 is 10.0 Å². The third-order valence-corrected chi connectivity index (χ3v) is 7.93. The SMILES string of the molecule is CC(C)CCOc1ccc(C(=O)NC(=S)Nc2ccc(S(=O)(=O)N3CCCC3)cc2)cc1Br. The Bertz CT molecular complexity index is 1100. The fraction of sp³-hybridized carbons (Fsp3) is 0.391. The van der Waals surface area contributed by atoms with Gasteiger partial charge in [0.2, 0.25) is 10.0 Å². The summed E-state index contributed by atoms with van der Waals surface area (Å²) in [5.41, 5.74) is 1.00. The Hall–Kier alpha value is -2.01. The number of nitrogens with zero attached hydrogens (tertiary/aromatic N) is 1. The zero-order valence-electron chi connectivity index (χ0n) is 18.6. The molecule has 7 nitrogen and oxygen atoms in total. The van der Waals surface area contributed by atoms with E-state index in [1.807, 2.05) is 0 Å². The lowest BCUT2D eigenvalue weighted by Crippen LogP contribution is -2.34. The van der Waals surface area contributed by atoms with Gasteiger partial charge in [-0.15, -0.1) is 0 Å². The van der Waals surface area contributed by atoms with Crippen molar-refractivity contribution >= 4 is 54.9 Å². The Morgan fingerprint density at radius 3 is 2.42 bits per heavy atom. The Balaban J connectivity index is 1.56. The molecule has 1 fully saturated rings. The summed E-state index contributed by atoms with van der Waals surface area (Å²) in [7, 11) is -3.47. The minimum absolute atomic E-state index is 0.114. The first kappa shape index (κ1) is 25.6. The highest BCUT2D eigenvalue weighted by Crippen LogP contribution is 2.26. The zero-order chi connectivity index (χ0) is 24.0. The molecule has 0 radical (unpaired) electrons. The highest BCUT2D eigenvalue weighted by molar-refractivity contribution is 9.10. The minimum Gasteiger partial charge on any atom is -0.492 e. The van der Waals surface area contributed by atoms with Crippen LogP contribution in [0.15, 0.2) is 51.8 Å². The monoisotopic (exact) mass is 553 g/mol. The van der Waals surface area contributed by atoms with Crippen molar-refractivity contribution in [2.24, 2.45) is 5.92 Å². The number of sulfonamides is 1. The van der Waals surface area contributed by atoms with Gasteiger partial charge in [-0.1, -0.05) is 13.8 Å². The molecule has 0 unspecified atom stereocenters. The van der Waals surface area contributed by atoms with Crippen LogP contribution in [0.25, 0.3) is 0 Å². The van der Waals surface area contributed by atoms with Gasteiger partial charge >= 0.3 is 0 Å². The standard InChI is InChI=1S/C23H28BrN3O4S2/c1-16(2)11-14-31-21-10-5-17(15-20(21)24)22(28)26-23(32)25-18-6-8-19(9-7-18)33(29,30)27-12-3-4-13-27/h5-10,15-16H,3-4,11-14H2,1-2H3,(H2,25,26,28,32). The number of hydrogen-bond acceptors (Lipinski definition) is 5. The molecule has 0 spiro atoms. The number of benzene rings is 2. The van der Waals surface area contributed by atoms with Crippen LogP contribution < -0.4 is 15.4 Å². The number of nitrogens with one attached hydrogen (secondary N) is 2. The van der Waals surface area contributed by atoms with Gasteiger partial charge in [0.25, 0.3) is 5.91 Å². The molecule has 3 rings (SSSR count). The largest absolute Gasteiger partial charge is 0.492 e. The van der Waals surface area contributed by atoms with E-state index in [-0.39, 0.29) is 15.9 Å². The predicted molar refractivity (Wildman–Crippen MR) is 137 cm³/mol. The first-order chi connectivity index (χ1) is 15.7. The molecule has 1 saturated heterocycles.